The van der Waals surface area contributed by atoms with E-state index in [9.17, 15) is 0 Å². The molecule has 2 rings (SSSR count). The van der Waals surface area contributed by atoms with Gasteiger partial charge < -0.3 is 11.1 Å². The van der Waals surface area contributed by atoms with Gasteiger partial charge in [0.05, 0.1) is 5.56 Å². The minimum absolute atomic E-state index is 0.510. The summed E-state index contributed by atoms with van der Waals surface area (Å²) in [5, 5.41) is 16.2. The van der Waals surface area contributed by atoms with Gasteiger partial charge in [-0.15, -0.1) is 0 Å². The molecule has 1 heterocycles. The van der Waals surface area contributed by atoms with Gasteiger partial charge in [0.2, 0.25) is 0 Å². The predicted molar refractivity (Wildman–Crippen MR) is 67.2 cm³/mol. The third-order valence-electron chi connectivity index (χ3n) is 2.25. The zero-order valence-corrected chi connectivity index (χ0v) is 9.42. The maximum absolute atomic E-state index is 8.84. The first kappa shape index (κ1) is 10.5. The minimum Gasteiger partial charge on any atom is -0.398 e. The van der Waals surface area contributed by atoms with Gasteiger partial charge in [0.1, 0.15) is 6.07 Å². The van der Waals surface area contributed by atoms with Crippen LogP contribution in [0, 0.1) is 11.3 Å². The van der Waals surface area contributed by atoms with E-state index < -0.39 is 0 Å². The highest BCUT2D eigenvalue weighted by Crippen LogP contribution is 2.18. The number of hydrogen-bond donors (Lipinski definition) is 2. The van der Waals surface area contributed by atoms with Crippen molar-refractivity contribution in [3.05, 3.63) is 46.2 Å². The molecule has 80 valence electrons. The van der Waals surface area contributed by atoms with Gasteiger partial charge in [-0.05, 0) is 40.6 Å². The van der Waals surface area contributed by atoms with E-state index in [1.165, 1.54) is 5.56 Å². The van der Waals surface area contributed by atoms with Crippen LogP contribution in [0.2, 0.25) is 0 Å². The van der Waals surface area contributed by atoms with Crippen molar-refractivity contribution in [3.63, 3.8) is 0 Å². The summed E-state index contributed by atoms with van der Waals surface area (Å²) in [7, 11) is 0. The lowest BCUT2D eigenvalue weighted by Crippen LogP contribution is -1.99. The van der Waals surface area contributed by atoms with Crippen LogP contribution in [0.15, 0.2) is 35.0 Å². The number of nitrogens with two attached hydrogens (primary N) is 1. The first-order chi connectivity index (χ1) is 7.79. The van der Waals surface area contributed by atoms with Crippen LogP contribution in [-0.4, -0.2) is 0 Å². The van der Waals surface area contributed by atoms with Crippen molar-refractivity contribution >= 4 is 22.7 Å². The second-order valence-corrected chi connectivity index (χ2v) is 4.18. The van der Waals surface area contributed by atoms with Crippen LogP contribution in [0.3, 0.4) is 0 Å². The lowest BCUT2D eigenvalue weighted by Gasteiger charge is -2.06. The SMILES string of the molecule is N#Cc1cc(NCc2ccsc2)ccc1N. The van der Waals surface area contributed by atoms with Crippen molar-refractivity contribution in [2.75, 3.05) is 11.1 Å². The number of rotatable bonds is 3. The molecule has 0 saturated carbocycles. The van der Waals surface area contributed by atoms with Gasteiger partial charge in [0, 0.05) is 17.9 Å². The molecular weight excluding hydrogens is 218 g/mol. The third kappa shape index (κ3) is 2.33. The summed E-state index contributed by atoms with van der Waals surface area (Å²) in [5.41, 5.74) is 8.82. The van der Waals surface area contributed by atoms with Crippen molar-refractivity contribution in [1.29, 1.82) is 5.26 Å². The van der Waals surface area contributed by atoms with E-state index in [1.54, 1.807) is 23.5 Å². The second kappa shape index (κ2) is 4.69. The topological polar surface area (TPSA) is 61.8 Å². The molecule has 0 aliphatic carbocycles. The Labute approximate surface area is 98.1 Å². The minimum atomic E-state index is 0.510. The summed E-state index contributed by atoms with van der Waals surface area (Å²) in [6, 6.07) is 9.52. The highest BCUT2D eigenvalue weighted by molar-refractivity contribution is 7.07. The Kier molecular flexibility index (Phi) is 3.08. The van der Waals surface area contributed by atoms with Crippen LogP contribution in [-0.2, 0) is 6.54 Å². The van der Waals surface area contributed by atoms with Gasteiger partial charge in [-0.2, -0.15) is 16.6 Å². The summed E-state index contributed by atoms with van der Waals surface area (Å²) in [6.07, 6.45) is 0. The summed E-state index contributed by atoms with van der Waals surface area (Å²) < 4.78 is 0. The molecule has 0 bridgehead atoms. The fourth-order valence-electron chi connectivity index (χ4n) is 1.36. The average molecular weight is 229 g/mol. The van der Waals surface area contributed by atoms with Crippen LogP contribution in [0.1, 0.15) is 11.1 Å². The Balaban J connectivity index is 2.08. The van der Waals surface area contributed by atoms with Gasteiger partial charge in [0.15, 0.2) is 0 Å². The number of anilines is 2. The molecular formula is C12H11N3S. The van der Waals surface area contributed by atoms with Gasteiger partial charge in [-0.1, -0.05) is 0 Å². The van der Waals surface area contributed by atoms with Crippen LogP contribution in [0.5, 0.6) is 0 Å². The molecule has 0 aliphatic heterocycles. The van der Waals surface area contributed by atoms with Crippen molar-refractivity contribution in [2.45, 2.75) is 6.54 Å². The predicted octanol–water partition coefficient (Wildman–Crippen LogP) is 2.81. The third-order valence-corrected chi connectivity index (χ3v) is 2.98. The van der Waals surface area contributed by atoms with Crippen molar-refractivity contribution in [3.8, 4) is 6.07 Å². The van der Waals surface area contributed by atoms with Crippen molar-refractivity contribution in [2.24, 2.45) is 0 Å². The number of nitrogen functional groups attached to an aromatic ring is 1. The molecule has 0 spiro atoms. The largest absolute Gasteiger partial charge is 0.398 e. The Morgan fingerprint density at radius 3 is 2.94 bits per heavy atom. The molecule has 0 saturated heterocycles. The monoisotopic (exact) mass is 229 g/mol. The molecule has 0 fully saturated rings. The van der Waals surface area contributed by atoms with E-state index in [1.807, 2.05) is 11.4 Å². The number of hydrogen-bond acceptors (Lipinski definition) is 4. The number of thiophene rings is 1. The number of benzene rings is 1. The molecule has 0 aliphatic rings. The fourth-order valence-corrected chi connectivity index (χ4v) is 2.03. The molecule has 1 aromatic carbocycles. The molecule has 1 aromatic heterocycles. The van der Waals surface area contributed by atoms with Crippen LogP contribution in [0.4, 0.5) is 11.4 Å². The molecule has 0 amide bonds. The summed E-state index contributed by atoms with van der Waals surface area (Å²) in [4.78, 5) is 0. The Morgan fingerprint density at radius 2 is 2.25 bits per heavy atom. The van der Waals surface area contributed by atoms with E-state index in [-0.39, 0.29) is 0 Å². The molecule has 0 unspecified atom stereocenters. The lowest BCUT2D eigenvalue weighted by molar-refractivity contribution is 1.16. The Hall–Kier alpha value is -1.99. The van der Waals surface area contributed by atoms with E-state index >= 15 is 0 Å². The van der Waals surface area contributed by atoms with Gasteiger partial charge in [-0.3, -0.25) is 0 Å². The van der Waals surface area contributed by atoms with Crippen LogP contribution < -0.4 is 11.1 Å². The molecule has 0 atom stereocenters. The maximum atomic E-state index is 8.84. The maximum Gasteiger partial charge on any atom is 0.101 e. The standard InChI is InChI=1S/C12H11N3S/c13-6-10-5-11(1-2-12(10)14)15-7-9-3-4-16-8-9/h1-5,8,15H,7,14H2. The van der Waals surface area contributed by atoms with E-state index in [0.29, 0.717) is 11.3 Å². The van der Waals surface area contributed by atoms with E-state index in [0.717, 1.165) is 12.2 Å². The lowest BCUT2D eigenvalue weighted by atomic mass is 10.1. The summed E-state index contributed by atoms with van der Waals surface area (Å²) in [5.74, 6) is 0. The van der Waals surface area contributed by atoms with Gasteiger partial charge in [-0.25, -0.2) is 0 Å². The van der Waals surface area contributed by atoms with Gasteiger partial charge >= 0.3 is 0 Å². The normalized spacial score (nSPS) is 9.69. The fraction of sp³-hybridized carbons (Fsp3) is 0.0833. The summed E-state index contributed by atoms with van der Waals surface area (Å²) >= 11 is 1.67. The first-order valence-electron chi connectivity index (χ1n) is 4.84. The van der Waals surface area contributed by atoms with Crippen molar-refractivity contribution in [1.82, 2.24) is 0 Å². The summed E-state index contributed by atoms with van der Waals surface area (Å²) in [6.45, 7) is 0.762. The molecule has 3 N–H and O–H groups in total. The number of nitriles is 1. The quantitative estimate of drug-likeness (QED) is 0.795. The highest BCUT2D eigenvalue weighted by atomic mass is 32.1. The average Bonchev–Trinajstić information content (AvgIpc) is 2.81. The molecule has 3 nitrogen and oxygen atoms in total. The number of nitrogens with zero attached hydrogens (tertiary/aromatic N) is 1. The second-order valence-electron chi connectivity index (χ2n) is 3.40. The highest BCUT2D eigenvalue weighted by Gasteiger charge is 2.00. The Bertz CT molecular complexity index is 512. The van der Waals surface area contributed by atoms with Crippen LogP contribution in [0.25, 0.3) is 0 Å². The Morgan fingerprint density at radius 1 is 1.38 bits per heavy atom. The zero-order valence-electron chi connectivity index (χ0n) is 8.60. The molecule has 16 heavy (non-hydrogen) atoms. The molecule has 4 heteroatoms. The smallest absolute Gasteiger partial charge is 0.101 e. The van der Waals surface area contributed by atoms with Gasteiger partial charge in [0.25, 0.3) is 0 Å². The zero-order chi connectivity index (χ0) is 11.4. The van der Waals surface area contributed by atoms with Crippen molar-refractivity contribution < 1.29 is 0 Å². The molecule has 2 aromatic rings. The van der Waals surface area contributed by atoms with E-state index in [4.69, 9.17) is 11.0 Å². The molecule has 0 radical (unpaired) electrons. The van der Waals surface area contributed by atoms with E-state index in [2.05, 4.69) is 22.8 Å². The number of nitrogens with one attached hydrogen (secondary N) is 1. The first-order valence-corrected chi connectivity index (χ1v) is 5.78. The van der Waals surface area contributed by atoms with Crippen LogP contribution >= 0.6 is 11.3 Å².